The zero-order chi connectivity index (χ0) is 25.4. The Balaban J connectivity index is 1.42. The number of carbonyl (C=O) groups excluding carboxylic acids is 1. The summed E-state index contributed by atoms with van der Waals surface area (Å²) in [5.41, 5.74) is 2.75. The number of hydrogen-bond donors (Lipinski definition) is 1. The van der Waals surface area contributed by atoms with Crippen LogP contribution in [0.5, 0.6) is 5.88 Å². The van der Waals surface area contributed by atoms with Crippen LogP contribution in [0.2, 0.25) is 0 Å². The lowest BCUT2D eigenvalue weighted by atomic mass is 9.60. The summed E-state index contributed by atoms with van der Waals surface area (Å²) < 4.78 is 12.6. The van der Waals surface area contributed by atoms with E-state index in [-0.39, 0.29) is 17.6 Å². The van der Waals surface area contributed by atoms with E-state index in [9.17, 15) is 10.1 Å². The molecule has 0 atom stereocenters. The van der Waals surface area contributed by atoms with Gasteiger partial charge in [0.1, 0.15) is 28.7 Å². The maximum atomic E-state index is 12.4. The molecule has 1 aliphatic carbocycles. The van der Waals surface area contributed by atoms with E-state index in [0.717, 1.165) is 37.0 Å². The molecule has 2 N–H and O–H groups in total. The Morgan fingerprint density at radius 1 is 1.29 bits per heavy atom. The first-order chi connectivity index (χ1) is 16.6. The Kier molecular flexibility index (Phi) is 6.45. The number of carbonyl (C=O) groups is 1. The second kappa shape index (κ2) is 9.21. The highest BCUT2D eigenvalue weighted by molar-refractivity contribution is 6.47. The fraction of sp³-hybridized carbons (Fsp3) is 0.560. The van der Waals surface area contributed by atoms with Gasteiger partial charge in [0.05, 0.1) is 25.1 Å². The first-order valence-electron chi connectivity index (χ1n) is 11.8. The predicted octanol–water partition coefficient (Wildman–Crippen LogP) is 3.52. The third-order valence-corrected chi connectivity index (χ3v) is 6.83. The molecule has 2 fully saturated rings. The predicted molar refractivity (Wildman–Crippen MR) is 133 cm³/mol. The van der Waals surface area contributed by atoms with Crippen molar-refractivity contribution >= 4 is 23.2 Å². The van der Waals surface area contributed by atoms with Gasteiger partial charge in [-0.2, -0.15) is 10.4 Å². The Labute approximate surface area is 205 Å². The van der Waals surface area contributed by atoms with Crippen molar-refractivity contribution < 1.29 is 14.3 Å². The number of aromatic nitrogens is 2. The van der Waals surface area contributed by atoms with E-state index in [0.29, 0.717) is 36.0 Å². The number of nitrogens with two attached hydrogens (primary N) is 1. The van der Waals surface area contributed by atoms with Crippen LogP contribution in [0.25, 0.3) is 5.65 Å². The van der Waals surface area contributed by atoms with Crippen LogP contribution in [0.15, 0.2) is 28.4 Å². The molecule has 3 heterocycles. The molecule has 1 saturated heterocycles. The largest absolute Gasteiger partial charge is 0.482 e. The monoisotopic (exact) mass is 479 g/mol. The summed E-state index contributed by atoms with van der Waals surface area (Å²) in [4.78, 5) is 23.4. The lowest BCUT2D eigenvalue weighted by Crippen LogP contribution is -2.51. The summed E-state index contributed by atoms with van der Waals surface area (Å²) in [6.45, 7) is 9.01. The number of likely N-dealkylation sites (tertiary alicyclic amines) is 1. The van der Waals surface area contributed by atoms with Gasteiger partial charge in [0.2, 0.25) is 5.88 Å². The summed E-state index contributed by atoms with van der Waals surface area (Å²) in [7, 11) is 1.54. The molecule has 2 aromatic rings. The molecule has 10 heteroatoms. The number of rotatable bonds is 4. The van der Waals surface area contributed by atoms with Crippen LogP contribution < -0.4 is 10.6 Å². The summed E-state index contributed by atoms with van der Waals surface area (Å²) in [5.74, 6) is 6.24. The zero-order valence-corrected chi connectivity index (χ0v) is 21.0. The van der Waals surface area contributed by atoms with Gasteiger partial charge < -0.3 is 20.2 Å². The average Bonchev–Trinajstić information content (AvgIpc) is 3.20. The Hall–Kier alpha value is -3.61. The number of aliphatic imine (C=N–C) groups is 1. The highest BCUT2D eigenvalue weighted by atomic mass is 16.6. The molecule has 35 heavy (non-hydrogen) atoms. The molecule has 10 nitrogen and oxygen atoms in total. The zero-order valence-electron chi connectivity index (χ0n) is 21.0. The van der Waals surface area contributed by atoms with Gasteiger partial charge in [0.25, 0.3) is 0 Å². The van der Waals surface area contributed by atoms with Crippen LogP contribution in [0.4, 0.5) is 4.79 Å². The number of imidazole rings is 1. The number of amides is 1. The lowest BCUT2D eigenvalue weighted by molar-refractivity contribution is -0.0106. The molecule has 0 bridgehead atoms. The molecular weight excluding hydrogens is 446 g/mol. The van der Waals surface area contributed by atoms with Crippen LogP contribution in [0, 0.1) is 16.7 Å². The van der Waals surface area contributed by atoms with Gasteiger partial charge in [0.15, 0.2) is 0 Å². The molecule has 1 saturated carbocycles. The minimum Gasteiger partial charge on any atom is -0.482 e. The third kappa shape index (κ3) is 4.94. The van der Waals surface area contributed by atoms with Crippen LogP contribution in [-0.2, 0) is 4.74 Å². The Morgan fingerprint density at radius 2 is 1.97 bits per heavy atom. The summed E-state index contributed by atoms with van der Waals surface area (Å²) in [5, 5.41) is 13.3. The lowest BCUT2D eigenvalue weighted by Gasteiger charge is -2.51. The smallest absolute Gasteiger partial charge is 0.410 e. The van der Waals surface area contributed by atoms with E-state index in [2.05, 4.69) is 16.2 Å². The maximum Gasteiger partial charge on any atom is 0.410 e. The maximum absolute atomic E-state index is 12.4. The van der Waals surface area contributed by atoms with Crippen LogP contribution in [0.1, 0.15) is 64.6 Å². The highest BCUT2D eigenvalue weighted by Crippen LogP contribution is 2.50. The molecule has 0 radical (unpaired) electrons. The Bertz CT molecular complexity index is 1220. The van der Waals surface area contributed by atoms with Gasteiger partial charge >= 0.3 is 6.09 Å². The van der Waals surface area contributed by atoms with E-state index in [4.69, 9.17) is 20.3 Å². The van der Waals surface area contributed by atoms with Gasteiger partial charge in [-0.15, -0.1) is 0 Å². The van der Waals surface area contributed by atoms with Gasteiger partial charge in [0, 0.05) is 24.7 Å². The molecule has 1 amide bonds. The second-order valence-corrected chi connectivity index (χ2v) is 10.5. The number of nitriles is 1. The number of piperidine rings is 1. The van der Waals surface area contributed by atoms with Crippen molar-refractivity contribution in [1.29, 1.82) is 5.26 Å². The second-order valence-electron chi connectivity index (χ2n) is 10.5. The molecule has 1 aliphatic heterocycles. The number of pyridine rings is 1. The van der Waals surface area contributed by atoms with E-state index < -0.39 is 5.60 Å². The molecule has 0 unspecified atom stereocenters. The number of nitrogens with zero attached hydrogens (tertiary/aromatic N) is 6. The topological polar surface area (TPSA) is 131 Å². The third-order valence-electron chi connectivity index (χ3n) is 6.83. The van der Waals surface area contributed by atoms with E-state index in [1.807, 2.05) is 38.7 Å². The molecule has 1 spiro atoms. The van der Waals surface area contributed by atoms with Crippen molar-refractivity contribution in [2.75, 3.05) is 20.2 Å². The number of fused-ring (bicyclic) bond motifs is 1. The number of hydrogen-bond acceptors (Lipinski definition) is 8. The van der Waals surface area contributed by atoms with Crippen molar-refractivity contribution in [3.63, 3.8) is 0 Å². The van der Waals surface area contributed by atoms with Crippen molar-refractivity contribution in [3.8, 4) is 11.9 Å². The van der Waals surface area contributed by atoms with Gasteiger partial charge in [-0.3, -0.25) is 9.39 Å². The summed E-state index contributed by atoms with van der Waals surface area (Å²) in [6, 6.07) is 5.92. The molecule has 186 valence electrons. The van der Waals surface area contributed by atoms with E-state index in [1.165, 1.54) is 6.20 Å². The van der Waals surface area contributed by atoms with Crippen molar-refractivity contribution in [3.05, 3.63) is 29.6 Å². The van der Waals surface area contributed by atoms with E-state index >= 15 is 0 Å². The molecular formula is C25H33N7O3. The SMILES string of the molecule is COc1cc(/C(=N/N)C(C)=NC2CC3(CCN(C(=O)OC(C)(C)C)CC3)C2)cc2ncc(C#N)n12. The highest BCUT2D eigenvalue weighted by Gasteiger charge is 2.46. The van der Waals surface area contributed by atoms with Crippen LogP contribution in [-0.4, -0.2) is 63.6 Å². The minimum atomic E-state index is -0.480. The molecule has 2 aliphatic rings. The first kappa shape index (κ1) is 24.5. The minimum absolute atomic E-state index is 0.196. The standard InChI is InChI=1S/C25H33N7O3/c1-16(22(30-27)17-10-20-28-15-19(14-26)32(20)21(11-17)34-5)29-18-12-25(13-18)6-8-31(9-7-25)23(33)35-24(2,3)4/h10-11,15,18H,6-9,12-13,27H2,1-5H3/b29-16?,30-22+. The summed E-state index contributed by atoms with van der Waals surface area (Å²) >= 11 is 0. The number of ether oxygens (including phenoxy) is 2. The van der Waals surface area contributed by atoms with E-state index in [1.54, 1.807) is 17.6 Å². The average molecular weight is 480 g/mol. The fourth-order valence-corrected chi connectivity index (χ4v) is 5.09. The first-order valence-corrected chi connectivity index (χ1v) is 11.8. The number of methoxy groups -OCH3 is 1. The van der Waals surface area contributed by atoms with Crippen LogP contribution >= 0.6 is 0 Å². The number of hydrazone groups is 1. The molecule has 4 rings (SSSR count). The Morgan fingerprint density at radius 3 is 2.54 bits per heavy atom. The fourth-order valence-electron chi connectivity index (χ4n) is 5.09. The van der Waals surface area contributed by atoms with Gasteiger partial charge in [-0.1, -0.05) is 0 Å². The summed E-state index contributed by atoms with van der Waals surface area (Å²) in [6.07, 6.45) is 5.17. The quantitative estimate of drug-likeness (QED) is 0.406. The molecule has 2 aromatic heterocycles. The van der Waals surface area contributed by atoms with Gasteiger partial charge in [-0.05, 0) is 64.9 Å². The molecule has 0 aromatic carbocycles. The van der Waals surface area contributed by atoms with Gasteiger partial charge in [-0.25, -0.2) is 9.78 Å². The normalized spacial score (nSPS) is 18.9. The van der Waals surface area contributed by atoms with Crippen molar-refractivity contribution in [1.82, 2.24) is 14.3 Å². The van der Waals surface area contributed by atoms with Crippen molar-refractivity contribution in [2.24, 2.45) is 21.4 Å². The van der Waals surface area contributed by atoms with Crippen LogP contribution in [0.3, 0.4) is 0 Å². The van der Waals surface area contributed by atoms with Crippen molar-refractivity contribution in [2.45, 2.75) is 65.0 Å².